The highest BCUT2D eigenvalue weighted by Gasteiger charge is 2.23. The summed E-state index contributed by atoms with van der Waals surface area (Å²) in [7, 11) is -3.50. The van der Waals surface area contributed by atoms with Crippen molar-refractivity contribution in [3.63, 3.8) is 0 Å². The first-order valence-corrected chi connectivity index (χ1v) is 12.0. The topological polar surface area (TPSA) is 84.9 Å². The Hall–Kier alpha value is -2.74. The van der Waals surface area contributed by atoms with E-state index in [0.717, 1.165) is 25.5 Å². The molecule has 0 radical (unpaired) electrons. The number of rotatable bonds is 7. The van der Waals surface area contributed by atoms with Gasteiger partial charge in [-0.2, -0.15) is 0 Å². The van der Waals surface area contributed by atoms with Gasteiger partial charge in [0.25, 0.3) is 0 Å². The molecule has 0 saturated heterocycles. The van der Waals surface area contributed by atoms with Gasteiger partial charge in [0.15, 0.2) is 11.5 Å². The average Bonchev–Trinajstić information content (AvgIpc) is 3.18. The molecule has 160 valence electrons. The van der Waals surface area contributed by atoms with Crippen LogP contribution in [0.1, 0.15) is 42.9 Å². The summed E-state index contributed by atoms with van der Waals surface area (Å²) in [6.45, 7) is 0.343. The number of fused-ring (bicyclic) bond motifs is 2. The summed E-state index contributed by atoms with van der Waals surface area (Å²) >= 11 is 0. The Kier molecular flexibility index (Phi) is 5.85. The van der Waals surface area contributed by atoms with Crippen molar-refractivity contribution in [3.05, 3.63) is 53.6 Å². The Morgan fingerprint density at radius 2 is 1.97 bits per heavy atom. The third-order valence-corrected chi connectivity index (χ3v) is 6.71. The van der Waals surface area contributed by atoms with E-state index in [9.17, 15) is 13.2 Å². The maximum Gasteiger partial charge on any atom is 0.232 e. The van der Waals surface area contributed by atoms with Crippen LogP contribution in [-0.4, -0.2) is 33.9 Å². The molecule has 0 fully saturated rings. The predicted octanol–water partition coefficient (Wildman–Crippen LogP) is 3.16. The number of nitrogens with one attached hydrogen (secondary N) is 1. The molecule has 30 heavy (non-hydrogen) atoms. The van der Waals surface area contributed by atoms with Crippen molar-refractivity contribution in [3.8, 4) is 11.5 Å². The summed E-state index contributed by atoms with van der Waals surface area (Å²) in [6.07, 6.45) is 4.86. The number of amides is 1. The van der Waals surface area contributed by atoms with Crippen molar-refractivity contribution < 1.29 is 22.7 Å². The summed E-state index contributed by atoms with van der Waals surface area (Å²) in [5, 5.41) is 3.12. The molecule has 1 amide bonds. The van der Waals surface area contributed by atoms with E-state index in [2.05, 4.69) is 17.4 Å². The van der Waals surface area contributed by atoms with Crippen LogP contribution in [0.3, 0.4) is 0 Å². The lowest BCUT2D eigenvalue weighted by Crippen LogP contribution is -2.33. The smallest absolute Gasteiger partial charge is 0.232 e. The normalized spacial score (nSPS) is 17.3. The van der Waals surface area contributed by atoms with Gasteiger partial charge >= 0.3 is 0 Å². The predicted molar refractivity (Wildman–Crippen MR) is 114 cm³/mol. The molecule has 0 spiro atoms. The quantitative estimate of drug-likeness (QED) is 0.729. The SMILES string of the molecule is CS(=O)(=O)N(CCCC(=O)NC1CCCc2ccccc21)c1ccc2c(c1)OCO2. The number of ether oxygens (including phenoxy) is 2. The van der Waals surface area contributed by atoms with Crippen LogP contribution in [0.2, 0.25) is 0 Å². The zero-order valence-electron chi connectivity index (χ0n) is 17.0. The van der Waals surface area contributed by atoms with Gasteiger partial charge in [0.1, 0.15) is 0 Å². The minimum Gasteiger partial charge on any atom is -0.454 e. The summed E-state index contributed by atoms with van der Waals surface area (Å²) in [4.78, 5) is 12.5. The van der Waals surface area contributed by atoms with E-state index in [0.29, 0.717) is 23.6 Å². The molecule has 1 unspecified atom stereocenters. The Labute approximate surface area is 177 Å². The molecule has 1 atom stereocenters. The van der Waals surface area contributed by atoms with Crippen molar-refractivity contribution in [1.82, 2.24) is 5.32 Å². The fraction of sp³-hybridized carbons (Fsp3) is 0.409. The third-order valence-electron chi connectivity index (χ3n) is 5.51. The molecule has 2 aromatic rings. The van der Waals surface area contributed by atoms with E-state index < -0.39 is 10.0 Å². The molecule has 0 bridgehead atoms. The number of aryl methyl sites for hydroxylation is 1. The zero-order valence-corrected chi connectivity index (χ0v) is 17.8. The Balaban J connectivity index is 1.37. The fourth-order valence-corrected chi connectivity index (χ4v) is 5.04. The van der Waals surface area contributed by atoms with E-state index in [1.54, 1.807) is 18.2 Å². The number of hydrogen-bond donors (Lipinski definition) is 1. The van der Waals surface area contributed by atoms with Crippen molar-refractivity contribution in [2.75, 3.05) is 23.9 Å². The molecule has 7 nitrogen and oxygen atoms in total. The lowest BCUT2D eigenvalue weighted by Gasteiger charge is -2.26. The molecule has 0 saturated carbocycles. The summed E-state index contributed by atoms with van der Waals surface area (Å²) < 4.78 is 36.6. The first-order valence-electron chi connectivity index (χ1n) is 10.2. The van der Waals surface area contributed by atoms with Gasteiger partial charge in [0.2, 0.25) is 22.7 Å². The maximum atomic E-state index is 12.5. The molecule has 4 rings (SSSR count). The number of carbonyl (C=O) groups excluding carboxylic acids is 1. The van der Waals surface area contributed by atoms with E-state index in [-0.39, 0.29) is 31.7 Å². The molecular formula is C22H26N2O5S. The van der Waals surface area contributed by atoms with Gasteiger partial charge in [0.05, 0.1) is 18.0 Å². The first-order chi connectivity index (χ1) is 14.4. The summed E-state index contributed by atoms with van der Waals surface area (Å²) in [5.41, 5.74) is 2.98. The lowest BCUT2D eigenvalue weighted by molar-refractivity contribution is -0.122. The second-order valence-electron chi connectivity index (χ2n) is 7.69. The molecule has 0 aromatic heterocycles. The highest BCUT2D eigenvalue weighted by molar-refractivity contribution is 7.92. The van der Waals surface area contributed by atoms with Crippen LogP contribution in [0.25, 0.3) is 0 Å². The second kappa shape index (κ2) is 8.55. The van der Waals surface area contributed by atoms with Crippen molar-refractivity contribution in [2.45, 2.75) is 38.1 Å². The van der Waals surface area contributed by atoms with Gasteiger partial charge in [0, 0.05) is 19.0 Å². The van der Waals surface area contributed by atoms with Crippen LogP contribution in [0.4, 0.5) is 5.69 Å². The molecule has 2 aromatic carbocycles. The standard InChI is InChI=1S/C22H26N2O5S/c1-30(26,27)24(17-11-12-20-21(14-17)29-15-28-20)13-5-10-22(25)23-19-9-4-7-16-6-2-3-8-18(16)19/h2-3,6,8,11-12,14,19H,4-5,7,9-10,13,15H2,1H3,(H,23,25). The van der Waals surface area contributed by atoms with E-state index in [1.165, 1.54) is 15.4 Å². The van der Waals surface area contributed by atoms with Crippen LogP contribution in [-0.2, 0) is 21.2 Å². The Morgan fingerprint density at radius 3 is 2.80 bits per heavy atom. The molecule has 1 N–H and O–H groups in total. The molecule has 1 heterocycles. The van der Waals surface area contributed by atoms with Crippen molar-refractivity contribution in [2.24, 2.45) is 0 Å². The number of benzene rings is 2. The number of anilines is 1. The summed E-state index contributed by atoms with van der Waals surface area (Å²) in [6, 6.07) is 13.3. The molecule has 1 aliphatic carbocycles. The molecule has 2 aliphatic rings. The molecular weight excluding hydrogens is 404 g/mol. The van der Waals surface area contributed by atoms with Gasteiger partial charge in [-0.1, -0.05) is 24.3 Å². The highest BCUT2D eigenvalue weighted by Crippen LogP contribution is 2.36. The van der Waals surface area contributed by atoms with Crippen LogP contribution in [0.15, 0.2) is 42.5 Å². The minimum atomic E-state index is -3.50. The van der Waals surface area contributed by atoms with Crippen LogP contribution < -0.4 is 19.1 Å². The first kappa shape index (κ1) is 20.5. The number of carbonyl (C=O) groups is 1. The fourth-order valence-electron chi connectivity index (χ4n) is 4.08. The number of sulfonamides is 1. The third kappa shape index (κ3) is 4.53. The number of nitrogens with zero attached hydrogens (tertiary/aromatic N) is 1. The minimum absolute atomic E-state index is 0.0299. The van der Waals surface area contributed by atoms with Crippen LogP contribution in [0.5, 0.6) is 11.5 Å². The van der Waals surface area contributed by atoms with Crippen LogP contribution >= 0.6 is 0 Å². The largest absolute Gasteiger partial charge is 0.454 e. The second-order valence-corrected chi connectivity index (χ2v) is 9.59. The van der Waals surface area contributed by atoms with Gasteiger partial charge in [-0.3, -0.25) is 9.10 Å². The number of hydrogen-bond acceptors (Lipinski definition) is 5. The van der Waals surface area contributed by atoms with Crippen molar-refractivity contribution >= 4 is 21.6 Å². The monoisotopic (exact) mass is 430 g/mol. The Bertz CT molecular complexity index is 1040. The summed E-state index contributed by atoms with van der Waals surface area (Å²) in [5.74, 6) is 1.06. The van der Waals surface area contributed by atoms with E-state index in [4.69, 9.17) is 9.47 Å². The van der Waals surface area contributed by atoms with E-state index >= 15 is 0 Å². The van der Waals surface area contributed by atoms with E-state index in [1.807, 2.05) is 12.1 Å². The Morgan fingerprint density at radius 1 is 1.17 bits per heavy atom. The van der Waals surface area contributed by atoms with Gasteiger partial charge < -0.3 is 14.8 Å². The van der Waals surface area contributed by atoms with Gasteiger partial charge in [-0.05, 0) is 48.9 Å². The van der Waals surface area contributed by atoms with Gasteiger partial charge in [-0.25, -0.2) is 8.42 Å². The maximum absolute atomic E-state index is 12.5. The highest BCUT2D eigenvalue weighted by atomic mass is 32.2. The lowest BCUT2D eigenvalue weighted by atomic mass is 9.87. The average molecular weight is 431 g/mol. The molecule has 1 aliphatic heterocycles. The molecule has 8 heteroatoms. The van der Waals surface area contributed by atoms with Crippen LogP contribution in [0, 0.1) is 0 Å². The van der Waals surface area contributed by atoms with Crippen molar-refractivity contribution in [1.29, 1.82) is 0 Å². The van der Waals surface area contributed by atoms with Gasteiger partial charge in [-0.15, -0.1) is 0 Å². The zero-order chi connectivity index (χ0) is 21.1.